The van der Waals surface area contributed by atoms with Crippen molar-refractivity contribution in [3.8, 4) is 5.75 Å². The third-order valence-corrected chi connectivity index (χ3v) is 5.05. The Morgan fingerprint density at radius 2 is 1.71 bits per heavy atom. The van der Waals surface area contributed by atoms with E-state index < -0.39 is 0 Å². The van der Waals surface area contributed by atoms with Crippen LogP contribution in [0.5, 0.6) is 5.75 Å². The van der Waals surface area contributed by atoms with E-state index in [9.17, 15) is 0 Å². The van der Waals surface area contributed by atoms with E-state index >= 15 is 0 Å². The number of hydrazine groups is 1. The number of hydrogen-bond acceptors (Lipinski definition) is 3. The summed E-state index contributed by atoms with van der Waals surface area (Å²) in [6.07, 6.45) is 9.25. The molecule has 1 fully saturated rings. The fraction of sp³-hybridized carbons (Fsp3) is 0.667. The topological polar surface area (TPSA) is 47.3 Å². The van der Waals surface area contributed by atoms with Gasteiger partial charge in [0.05, 0.1) is 13.2 Å². The van der Waals surface area contributed by atoms with Crippen molar-refractivity contribution in [2.75, 3.05) is 7.11 Å². The molecule has 21 heavy (non-hydrogen) atoms. The normalized spacial score (nSPS) is 18.9. The second kappa shape index (κ2) is 7.81. The lowest BCUT2D eigenvalue weighted by Crippen LogP contribution is -2.34. The maximum atomic E-state index is 5.93. The van der Waals surface area contributed by atoms with E-state index in [1.165, 1.54) is 61.6 Å². The zero-order valence-electron chi connectivity index (χ0n) is 13.7. The highest BCUT2D eigenvalue weighted by Gasteiger charge is 2.26. The number of rotatable bonds is 4. The largest absolute Gasteiger partial charge is 0.496 e. The molecule has 0 spiro atoms. The average molecular weight is 290 g/mol. The minimum atomic E-state index is 0.192. The highest BCUT2D eigenvalue weighted by Crippen LogP contribution is 2.38. The minimum absolute atomic E-state index is 0.192. The van der Waals surface area contributed by atoms with Crippen molar-refractivity contribution in [3.05, 3.63) is 28.8 Å². The highest BCUT2D eigenvalue weighted by atomic mass is 16.5. The zero-order valence-corrected chi connectivity index (χ0v) is 13.7. The first-order chi connectivity index (χ1) is 10.2. The van der Waals surface area contributed by atoms with Gasteiger partial charge >= 0.3 is 0 Å². The van der Waals surface area contributed by atoms with Crippen molar-refractivity contribution in [3.63, 3.8) is 0 Å². The van der Waals surface area contributed by atoms with Gasteiger partial charge in [0.25, 0.3) is 0 Å². The molecule has 0 amide bonds. The molecule has 0 saturated heterocycles. The highest BCUT2D eigenvalue weighted by molar-refractivity contribution is 5.47. The van der Waals surface area contributed by atoms with Crippen molar-refractivity contribution in [1.29, 1.82) is 0 Å². The molecule has 2 rings (SSSR count). The van der Waals surface area contributed by atoms with Crippen LogP contribution in [0.3, 0.4) is 0 Å². The standard InChI is InChI=1S/C18H30N2O/c1-13-11-12-16(18(21-3)14(13)2)17(20-19)15-9-7-5-4-6-8-10-15/h11-12,15,17,20H,4-10,19H2,1-3H3. The zero-order chi connectivity index (χ0) is 15.2. The Balaban J connectivity index is 2.29. The van der Waals surface area contributed by atoms with Gasteiger partial charge in [-0.2, -0.15) is 0 Å². The third kappa shape index (κ3) is 3.78. The number of ether oxygens (including phenoxy) is 1. The molecule has 1 aromatic rings. The van der Waals surface area contributed by atoms with Gasteiger partial charge < -0.3 is 4.74 Å². The number of nitrogens with two attached hydrogens (primary N) is 1. The van der Waals surface area contributed by atoms with Crippen LogP contribution in [0.25, 0.3) is 0 Å². The van der Waals surface area contributed by atoms with E-state index in [0.29, 0.717) is 5.92 Å². The molecule has 1 aliphatic rings. The van der Waals surface area contributed by atoms with Crippen molar-refractivity contribution in [1.82, 2.24) is 5.43 Å². The molecule has 0 heterocycles. The van der Waals surface area contributed by atoms with Crippen molar-refractivity contribution in [2.45, 2.75) is 64.8 Å². The molecular formula is C18H30N2O. The van der Waals surface area contributed by atoms with Gasteiger partial charge in [-0.15, -0.1) is 0 Å². The van der Waals surface area contributed by atoms with Crippen molar-refractivity contribution >= 4 is 0 Å². The van der Waals surface area contributed by atoms with E-state index in [2.05, 4.69) is 31.4 Å². The van der Waals surface area contributed by atoms with Crippen LogP contribution in [-0.2, 0) is 0 Å². The summed E-state index contributed by atoms with van der Waals surface area (Å²) in [7, 11) is 1.76. The average Bonchev–Trinajstić information content (AvgIpc) is 2.45. The summed E-state index contributed by atoms with van der Waals surface area (Å²) in [6.45, 7) is 4.26. The first kappa shape index (κ1) is 16.3. The number of benzene rings is 1. The molecule has 1 aromatic carbocycles. The van der Waals surface area contributed by atoms with E-state index in [0.717, 1.165) is 5.75 Å². The molecule has 1 unspecified atom stereocenters. The maximum Gasteiger partial charge on any atom is 0.126 e. The van der Waals surface area contributed by atoms with Gasteiger partial charge in [-0.25, -0.2) is 0 Å². The predicted octanol–water partition coefficient (Wildman–Crippen LogP) is 4.18. The summed E-state index contributed by atoms with van der Waals surface area (Å²) in [5.41, 5.74) is 6.78. The second-order valence-corrected chi connectivity index (χ2v) is 6.38. The molecule has 0 radical (unpaired) electrons. The molecule has 0 aliphatic heterocycles. The summed E-state index contributed by atoms with van der Waals surface area (Å²) in [4.78, 5) is 0. The molecule has 3 heteroatoms. The van der Waals surface area contributed by atoms with Crippen LogP contribution in [0.15, 0.2) is 12.1 Å². The van der Waals surface area contributed by atoms with E-state index in [4.69, 9.17) is 10.6 Å². The summed E-state index contributed by atoms with van der Waals surface area (Å²) in [5.74, 6) is 7.53. The Hall–Kier alpha value is -1.06. The first-order valence-electron chi connectivity index (χ1n) is 8.29. The van der Waals surface area contributed by atoms with Crippen LogP contribution in [0, 0.1) is 19.8 Å². The molecule has 0 aromatic heterocycles. The number of methoxy groups -OCH3 is 1. The summed E-state index contributed by atoms with van der Waals surface area (Å²) >= 11 is 0. The van der Waals surface area contributed by atoms with E-state index in [1.54, 1.807) is 7.11 Å². The molecule has 3 nitrogen and oxygen atoms in total. The molecule has 3 N–H and O–H groups in total. The van der Waals surface area contributed by atoms with Gasteiger partial charge in [0.2, 0.25) is 0 Å². The van der Waals surface area contributed by atoms with E-state index in [1.807, 2.05) is 0 Å². The number of nitrogens with one attached hydrogen (secondary N) is 1. The van der Waals surface area contributed by atoms with Crippen LogP contribution < -0.4 is 16.0 Å². The lowest BCUT2D eigenvalue weighted by atomic mass is 9.82. The Bertz CT molecular complexity index is 451. The molecule has 1 aliphatic carbocycles. The first-order valence-corrected chi connectivity index (χ1v) is 8.29. The number of hydrogen-bond donors (Lipinski definition) is 2. The summed E-state index contributed by atoms with van der Waals surface area (Å²) in [5, 5.41) is 0. The van der Waals surface area contributed by atoms with E-state index in [-0.39, 0.29) is 6.04 Å². The Kier molecular flexibility index (Phi) is 6.07. The van der Waals surface area contributed by atoms with Gasteiger partial charge in [-0.1, -0.05) is 44.2 Å². The van der Waals surface area contributed by atoms with Gasteiger partial charge in [0.15, 0.2) is 0 Å². The molecule has 0 bridgehead atoms. The monoisotopic (exact) mass is 290 g/mol. The summed E-state index contributed by atoms with van der Waals surface area (Å²) in [6, 6.07) is 4.56. The SMILES string of the molecule is COc1c(C(NN)C2CCCCCCC2)ccc(C)c1C. The Labute approximate surface area is 129 Å². The fourth-order valence-electron chi connectivity index (χ4n) is 3.63. The lowest BCUT2D eigenvalue weighted by molar-refractivity contribution is 0.283. The van der Waals surface area contributed by atoms with Gasteiger partial charge in [0, 0.05) is 5.56 Å². The minimum Gasteiger partial charge on any atom is -0.496 e. The Morgan fingerprint density at radius 3 is 2.29 bits per heavy atom. The van der Waals surface area contributed by atoms with Gasteiger partial charge in [-0.05, 0) is 43.7 Å². The van der Waals surface area contributed by atoms with Crippen LogP contribution in [0.1, 0.15) is 67.7 Å². The van der Waals surface area contributed by atoms with Crippen molar-refractivity contribution < 1.29 is 4.74 Å². The number of aryl methyl sites for hydroxylation is 1. The van der Waals surface area contributed by atoms with Crippen LogP contribution in [0.4, 0.5) is 0 Å². The predicted molar refractivity (Wildman–Crippen MR) is 88.3 cm³/mol. The maximum absolute atomic E-state index is 5.93. The molecule has 1 saturated carbocycles. The van der Waals surface area contributed by atoms with Gasteiger partial charge in [0.1, 0.15) is 5.75 Å². The fourth-order valence-corrected chi connectivity index (χ4v) is 3.63. The summed E-state index contributed by atoms with van der Waals surface area (Å²) < 4.78 is 5.69. The Morgan fingerprint density at radius 1 is 1.10 bits per heavy atom. The third-order valence-electron chi connectivity index (χ3n) is 5.05. The quantitative estimate of drug-likeness (QED) is 0.646. The molecular weight excluding hydrogens is 260 g/mol. The smallest absolute Gasteiger partial charge is 0.126 e. The molecule has 1 atom stereocenters. The van der Waals surface area contributed by atoms with Crippen LogP contribution in [0.2, 0.25) is 0 Å². The van der Waals surface area contributed by atoms with Crippen LogP contribution in [-0.4, -0.2) is 7.11 Å². The van der Waals surface area contributed by atoms with Crippen LogP contribution >= 0.6 is 0 Å². The van der Waals surface area contributed by atoms with Gasteiger partial charge in [-0.3, -0.25) is 11.3 Å². The second-order valence-electron chi connectivity index (χ2n) is 6.38. The van der Waals surface area contributed by atoms with Crippen molar-refractivity contribution in [2.24, 2.45) is 11.8 Å². The molecule has 118 valence electrons. The lowest BCUT2D eigenvalue weighted by Gasteiger charge is -2.30.